The summed E-state index contributed by atoms with van der Waals surface area (Å²) in [7, 11) is -3.68. The van der Waals surface area contributed by atoms with Gasteiger partial charge in [0.05, 0.1) is 17.4 Å². The molecular weight excluding hydrogens is 396 g/mol. The number of sulfonamides is 1. The number of amides is 1. The van der Waals surface area contributed by atoms with Crippen molar-refractivity contribution in [2.75, 3.05) is 19.7 Å². The highest BCUT2D eigenvalue weighted by atomic mass is 32.2. The normalized spacial score (nSPS) is 17.8. The first-order valence-electron chi connectivity index (χ1n) is 9.19. The molecule has 9 nitrogen and oxygen atoms in total. The molecule has 0 aromatic heterocycles. The minimum absolute atomic E-state index is 0.0520. The highest BCUT2D eigenvalue weighted by Gasteiger charge is 2.33. The van der Waals surface area contributed by atoms with Gasteiger partial charge in [-0.25, -0.2) is 13.2 Å². The molecule has 0 bridgehead atoms. The molecule has 0 spiro atoms. The Hall–Kier alpha value is -2.90. The summed E-state index contributed by atoms with van der Waals surface area (Å²) in [5.41, 5.74) is 5.46. The molecule has 1 heterocycles. The van der Waals surface area contributed by atoms with Crippen LogP contribution in [0, 0.1) is 24.2 Å². The Morgan fingerprint density at radius 3 is 2.66 bits per heavy atom. The van der Waals surface area contributed by atoms with E-state index in [0.717, 1.165) is 11.8 Å². The zero-order valence-electron chi connectivity index (χ0n) is 16.3. The van der Waals surface area contributed by atoms with Gasteiger partial charge >= 0.3 is 5.97 Å². The number of carbonyl (C=O) groups is 2. The van der Waals surface area contributed by atoms with Crippen LogP contribution < -0.4 is 10.9 Å². The fourth-order valence-corrected chi connectivity index (χ4v) is 4.38. The fraction of sp³-hybridized carbons (Fsp3) is 0.421. The van der Waals surface area contributed by atoms with Crippen molar-refractivity contribution < 1.29 is 22.7 Å². The van der Waals surface area contributed by atoms with E-state index in [2.05, 4.69) is 10.9 Å². The first-order chi connectivity index (χ1) is 13.8. The molecular formula is C19H24N4O5S. The zero-order chi connectivity index (χ0) is 21.4. The second-order valence-corrected chi connectivity index (χ2v) is 8.48. The number of carbonyl (C=O) groups excluding carboxylic acids is 2. The minimum atomic E-state index is -3.68. The first-order valence-corrected chi connectivity index (χ1v) is 10.6. The fourth-order valence-electron chi connectivity index (χ4n) is 2.86. The number of nitriles is 1. The summed E-state index contributed by atoms with van der Waals surface area (Å²) in [6.07, 6.45) is 2.12. The Balaban J connectivity index is 1.99. The van der Waals surface area contributed by atoms with Crippen molar-refractivity contribution in [1.29, 1.82) is 5.26 Å². The van der Waals surface area contributed by atoms with Crippen molar-refractivity contribution in [3.8, 4) is 6.07 Å². The number of ether oxygens (including phenoxy) is 1. The molecule has 1 aliphatic rings. The summed E-state index contributed by atoms with van der Waals surface area (Å²) >= 11 is 0. The van der Waals surface area contributed by atoms with Gasteiger partial charge < -0.3 is 10.2 Å². The van der Waals surface area contributed by atoms with E-state index < -0.39 is 27.8 Å². The number of benzene rings is 1. The third-order valence-electron chi connectivity index (χ3n) is 4.44. The number of aryl methyl sites for hydroxylation is 1. The molecule has 1 saturated heterocycles. The summed E-state index contributed by atoms with van der Waals surface area (Å²) in [6, 6.07) is 8.24. The Labute approximate surface area is 170 Å². The topological polar surface area (TPSA) is 129 Å². The van der Waals surface area contributed by atoms with Crippen LogP contribution in [0.5, 0.6) is 0 Å². The van der Waals surface area contributed by atoms with Crippen LogP contribution in [-0.2, 0) is 24.3 Å². The molecule has 1 aromatic rings. The Bertz CT molecular complexity index is 919. The van der Waals surface area contributed by atoms with Crippen molar-refractivity contribution in [2.24, 2.45) is 5.92 Å². The van der Waals surface area contributed by atoms with Crippen molar-refractivity contribution >= 4 is 21.9 Å². The maximum Gasteiger partial charge on any atom is 0.350 e. The van der Waals surface area contributed by atoms with E-state index >= 15 is 0 Å². The van der Waals surface area contributed by atoms with Gasteiger partial charge in [-0.3, -0.25) is 10.2 Å². The van der Waals surface area contributed by atoms with Gasteiger partial charge in [-0.1, -0.05) is 17.7 Å². The van der Waals surface area contributed by atoms with Crippen LogP contribution >= 0.6 is 0 Å². The Morgan fingerprint density at radius 2 is 2.03 bits per heavy atom. The molecule has 0 aliphatic carbocycles. The standard InChI is InChI=1S/C19H24N4O5S/c1-3-28-19(25)16(11-20)12-21-22-18(24)15-5-4-10-23(13-15)29(26,27)17-8-6-14(2)7-9-17/h6-9,12,15,21H,3-5,10,13H2,1-2H3,(H,22,24)/b16-12+/t15-/m0/s1. The van der Waals surface area contributed by atoms with E-state index in [0.29, 0.717) is 19.4 Å². The van der Waals surface area contributed by atoms with Crippen molar-refractivity contribution in [1.82, 2.24) is 15.2 Å². The highest BCUT2D eigenvalue weighted by Crippen LogP contribution is 2.24. The summed E-state index contributed by atoms with van der Waals surface area (Å²) in [4.78, 5) is 24.1. The SMILES string of the molecule is CCOC(=O)/C(C#N)=C/NNC(=O)[C@H]1CCCN(S(=O)(=O)c2ccc(C)cc2)C1. The molecule has 156 valence electrons. The quantitative estimate of drug-likeness (QED) is 0.291. The van der Waals surface area contributed by atoms with Crippen molar-refractivity contribution in [3.05, 3.63) is 41.6 Å². The Kier molecular flexibility index (Phi) is 7.75. The van der Waals surface area contributed by atoms with Gasteiger partial charge in [0, 0.05) is 19.3 Å². The van der Waals surface area contributed by atoms with Crippen LogP contribution in [0.2, 0.25) is 0 Å². The van der Waals surface area contributed by atoms with Gasteiger partial charge in [0.2, 0.25) is 15.9 Å². The van der Waals surface area contributed by atoms with E-state index in [1.165, 1.54) is 4.31 Å². The zero-order valence-corrected chi connectivity index (χ0v) is 17.2. The summed E-state index contributed by atoms with van der Waals surface area (Å²) in [5, 5.41) is 8.94. The number of nitrogens with zero attached hydrogens (tertiary/aromatic N) is 2. The van der Waals surface area contributed by atoms with Crippen LogP contribution in [0.4, 0.5) is 0 Å². The lowest BCUT2D eigenvalue weighted by Crippen LogP contribution is -2.47. The van der Waals surface area contributed by atoms with Crippen molar-refractivity contribution in [2.45, 2.75) is 31.6 Å². The number of piperidine rings is 1. The predicted octanol–water partition coefficient (Wildman–Crippen LogP) is 0.987. The lowest BCUT2D eigenvalue weighted by atomic mass is 9.99. The van der Waals surface area contributed by atoms with Gasteiger partial charge in [-0.2, -0.15) is 9.57 Å². The molecule has 1 aromatic carbocycles. The first kappa shape index (κ1) is 22.4. The molecule has 1 fully saturated rings. The summed E-state index contributed by atoms with van der Waals surface area (Å²) < 4.78 is 31.7. The summed E-state index contributed by atoms with van der Waals surface area (Å²) in [6.45, 7) is 4.00. The predicted molar refractivity (Wildman–Crippen MR) is 104 cm³/mol. The molecule has 0 unspecified atom stereocenters. The van der Waals surface area contributed by atoms with Crippen LogP contribution in [0.25, 0.3) is 0 Å². The number of nitrogens with one attached hydrogen (secondary N) is 2. The molecule has 2 rings (SSSR count). The lowest BCUT2D eigenvalue weighted by Gasteiger charge is -2.31. The maximum atomic E-state index is 12.8. The van der Waals surface area contributed by atoms with Gasteiger partial charge in [-0.15, -0.1) is 0 Å². The number of hydrazine groups is 1. The highest BCUT2D eigenvalue weighted by molar-refractivity contribution is 7.89. The van der Waals surface area contributed by atoms with E-state index in [-0.39, 0.29) is 23.6 Å². The van der Waals surface area contributed by atoms with Gasteiger partial charge in [0.25, 0.3) is 0 Å². The molecule has 1 atom stereocenters. The Morgan fingerprint density at radius 1 is 1.34 bits per heavy atom. The van der Waals surface area contributed by atoms with Gasteiger partial charge in [0.15, 0.2) is 5.57 Å². The summed E-state index contributed by atoms with van der Waals surface area (Å²) in [5.74, 6) is -1.78. The lowest BCUT2D eigenvalue weighted by molar-refractivity contribution is -0.138. The monoisotopic (exact) mass is 420 g/mol. The smallest absolute Gasteiger partial charge is 0.350 e. The number of rotatable bonds is 7. The van der Waals surface area contributed by atoms with Gasteiger partial charge in [-0.05, 0) is 38.8 Å². The number of hydrogen-bond donors (Lipinski definition) is 2. The minimum Gasteiger partial charge on any atom is -0.462 e. The second-order valence-electron chi connectivity index (χ2n) is 6.54. The molecule has 1 aliphatic heterocycles. The van der Waals surface area contributed by atoms with Crippen LogP contribution in [-0.4, -0.2) is 44.3 Å². The van der Waals surface area contributed by atoms with E-state index in [9.17, 15) is 18.0 Å². The van der Waals surface area contributed by atoms with Crippen LogP contribution in [0.1, 0.15) is 25.3 Å². The third kappa shape index (κ3) is 5.79. The van der Waals surface area contributed by atoms with Gasteiger partial charge in [0.1, 0.15) is 6.07 Å². The maximum absolute atomic E-state index is 12.8. The molecule has 0 radical (unpaired) electrons. The second kappa shape index (κ2) is 10.0. The van der Waals surface area contributed by atoms with Crippen LogP contribution in [0.3, 0.4) is 0 Å². The number of esters is 1. The average Bonchev–Trinajstić information content (AvgIpc) is 2.71. The third-order valence-corrected chi connectivity index (χ3v) is 6.32. The molecule has 0 saturated carbocycles. The molecule has 29 heavy (non-hydrogen) atoms. The van der Waals surface area contributed by atoms with E-state index in [1.807, 2.05) is 6.92 Å². The van der Waals surface area contributed by atoms with E-state index in [1.54, 1.807) is 37.3 Å². The van der Waals surface area contributed by atoms with Crippen LogP contribution in [0.15, 0.2) is 40.9 Å². The average molecular weight is 420 g/mol. The number of hydrogen-bond acceptors (Lipinski definition) is 7. The molecule has 1 amide bonds. The van der Waals surface area contributed by atoms with Crippen molar-refractivity contribution in [3.63, 3.8) is 0 Å². The molecule has 2 N–H and O–H groups in total. The largest absolute Gasteiger partial charge is 0.462 e. The molecule has 10 heteroatoms. The van der Waals surface area contributed by atoms with E-state index in [4.69, 9.17) is 10.00 Å².